The SMILES string of the molecule is CNC(C)c1ccc(OCC(=O)OC(C)C)cc1F. The Balaban J connectivity index is 2.61. The Morgan fingerprint density at radius 1 is 1.37 bits per heavy atom. The number of carbonyl (C=O) groups is 1. The number of carbonyl (C=O) groups excluding carboxylic acids is 1. The van der Waals surface area contributed by atoms with Crippen molar-refractivity contribution in [1.29, 1.82) is 0 Å². The number of ether oxygens (including phenoxy) is 2. The van der Waals surface area contributed by atoms with Crippen LogP contribution in [0.15, 0.2) is 18.2 Å². The van der Waals surface area contributed by atoms with Gasteiger partial charge >= 0.3 is 5.97 Å². The van der Waals surface area contributed by atoms with Crippen molar-refractivity contribution in [1.82, 2.24) is 5.32 Å². The number of esters is 1. The zero-order valence-corrected chi connectivity index (χ0v) is 11.7. The zero-order chi connectivity index (χ0) is 14.4. The molecule has 0 saturated carbocycles. The van der Waals surface area contributed by atoms with E-state index < -0.39 is 5.97 Å². The van der Waals surface area contributed by atoms with E-state index in [1.54, 1.807) is 33.0 Å². The van der Waals surface area contributed by atoms with E-state index in [1.807, 2.05) is 6.92 Å². The molecule has 0 bridgehead atoms. The zero-order valence-electron chi connectivity index (χ0n) is 11.7. The van der Waals surface area contributed by atoms with Crippen molar-refractivity contribution in [3.63, 3.8) is 0 Å². The van der Waals surface area contributed by atoms with Crippen LogP contribution in [-0.4, -0.2) is 25.7 Å². The van der Waals surface area contributed by atoms with Crippen molar-refractivity contribution in [2.75, 3.05) is 13.7 Å². The highest BCUT2D eigenvalue weighted by Gasteiger charge is 2.11. The van der Waals surface area contributed by atoms with E-state index in [0.717, 1.165) is 0 Å². The summed E-state index contributed by atoms with van der Waals surface area (Å²) in [5.74, 6) is -0.523. The van der Waals surface area contributed by atoms with Gasteiger partial charge in [-0.15, -0.1) is 0 Å². The molecule has 1 rings (SSSR count). The maximum atomic E-state index is 13.8. The molecule has 0 heterocycles. The number of hydrogen-bond donors (Lipinski definition) is 1. The van der Waals surface area contributed by atoms with Gasteiger partial charge in [0.1, 0.15) is 11.6 Å². The maximum absolute atomic E-state index is 13.8. The van der Waals surface area contributed by atoms with Gasteiger partial charge in [0.05, 0.1) is 6.10 Å². The molecule has 0 spiro atoms. The Morgan fingerprint density at radius 3 is 2.58 bits per heavy atom. The van der Waals surface area contributed by atoms with Crippen molar-refractivity contribution >= 4 is 5.97 Å². The van der Waals surface area contributed by atoms with Crippen LogP contribution in [0.5, 0.6) is 5.75 Å². The van der Waals surface area contributed by atoms with Crippen LogP contribution in [0.3, 0.4) is 0 Å². The maximum Gasteiger partial charge on any atom is 0.344 e. The number of hydrogen-bond acceptors (Lipinski definition) is 4. The molecule has 0 aromatic heterocycles. The lowest BCUT2D eigenvalue weighted by Crippen LogP contribution is -2.19. The highest BCUT2D eigenvalue weighted by Crippen LogP contribution is 2.21. The van der Waals surface area contributed by atoms with Crippen LogP contribution in [-0.2, 0) is 9.53 Å². The van der Waals surface area contributed by atoms with Gasteiger partial charge in [-0.25, -0.2) is 9.18 Å². The third kappa shape index (κ3) is 4.87. The molecular weight excluding hydrogens is 249 g/mol. The van der Waals surface area contributed by atoms with Crippen molar-refractivity contribution in [3.8, 4) is 5.75 Å². The Hall–Kier alpha value is -1.62. The number of nitrogens with one attached hydrogen (secondary N) is 1. The number of benzene rings is 1. The van der Waals surface area contributed by atoms with Gasteiger partial charge in [-0.3, -0.25) is 0 Å². The molecule has 0 saturated heterocycles. The summed E-state index contributed by atoms with van der Waals surface area (Å²) in [6.07, 6.45) is -0.188. The van der Waals surface area contributed by atoms with Crippen LogP contribution in [0, 0.1) is 5.82 Å². The highest BCUT2D eigenvalue weighted by atomic mass is 19.1. The molecule has 1 aromatic carbocycles. The van der Waals surface area contributed by atoms with Crippen molar-refractivity contribution in [2.24, 2.45) is 0 Å². The summed E-state index contributed by atoms with van der Waals surface area (Å²) in [6.45, 7) is 5.15. The number of halogens is 1. The van der Waals surface area contributed by atoms with E-state index in [1.165, 1.54) is 6.07 Å². The monoisotopic (exact) mass is 269 g/mol. The van der Waals surface area contributed by atoms with E-state index in [9.17, 15) is 9.18 Å². The van der Waals surface area contributed by atoms with Crippen LogP contribution in [0.1, 0.15) is 32.4 Å². The number of rotatable bonds is 6. The quantitative estimate of drug-likeness (QED) is 0.806. The molecule has 5 heteroatoms. The summed E-state index contributed by atoms with van der Waals surface area (Å²) in [5.41, 5.74) is 0.555. The molecule has 1 atom stereocenters. The lowest BCUT2D eigenvalue weighted by Gasteiger charge is -2.13. The van der Waals surface area contributed by atoms with E-state index in [0.29, 0.717) is 11.3 Å². The molecule has 106 valence electrons. The third-order valence-electron chi connectivity index (χ3n) is 2.60. The van der Waals surface area contributed by atoms with Gasteiger partial charge in [0.15, 0.2) is 6.61 Å². The minimum absolute atomic E-state index is 0.0834. The van der Waals surface area contributed by atoms with Crippen LogP contribution < -0.4 is 10.1 Å². The standard InChI is InChI=1S/C14H20FNO3/c1-9(2)19-14(17)8-18-11-5-6-12(10(3)16-4)13(15)7-11/h5-7,9-10,16H,8H2,1-4H3. The van der Waals surface area contributed by atoms with Crippen molar-refractivity contribution in [2.45, 2.75) is 32.9 Å². The molecule has 1 aromatic rings. The van der Waals surface area contributed by atoms with Crippen LogP contribution in [0.25, 0.3) is 0 Å². The first-order valence-corrected chi connectivity index (χ1v) is 6.23. The second-order valence-electron chi connectivity index (χ2n) is 4.52. The molecule has 4 nitrogen and oxygen atoms in total. The highest BCUT2D eigenvalue weighted by molar-refractivity contribution is 5.71. The van der Waals surface area contributed by atoms with E-state index >= 15 is 0 Å². The first-order chi connectivity index (χ1) is 8.93. The van der Waals surface area contributed by atoms with Gasteiger partial charge in [-0.2, -0.15) is 0 Å². The minimum Gasteiger partial charge on any atom is -0.482 e. The topological polar surface area (TPSA) is 47.6 Å². The Morgan fingerprint density at radius 2 is 2.05 bits per heavy atom. The summed E-state index contributed by atoms with van der Waals surface area (Å²) in [5, 5.41) is 2.96. The van der Waals surface area contributed by atoms with E-state index in [4.69, 9.17) is 9.47 Å². The summed E-state index contributed by atoms with van der Waals surface area (Å²) in [7, 11) is 1.76. The summed E-state index contributed by atoms with van der Waals surface area (Å²) < 4.78 is 23.9. The third-order valence-corrected chi connectivity index (χ3v) is 2.60. The average molecular weight is 269 g/mol. The van der Waals surface area contributed by atoms with Crippen LogP contribution >= 0.6 is 0 Å². The molecule has 0 aliphatic rings. The molecule has 0 aliphatic carbocycles. The van der Waals surface area contributed by atoms with Gasteiger partial charge in [0.25, 0.3) is 0 Å². The van der Waals surface area contributed by atoms with Crippen LogP contribution in [0.4, 0.5) is 4.39 Å². The summed E-state index contributed by atoms with van der Waals surface area (Å²) in [6, 6.07) is 4.46. The van der Waals surface area contributed by atoms with E-state index in [2.05, 4.69) is 5.32 Å². The van der Waals surface area contributed by atoms with Crippen molar-refractivity contribution < 1.29 is 18.7 Å². The Kier molecular flexibility index (Phi) is 5.76. The Bertz CT molecular complexity index is 435. The van der Waals surface area contributed by atoms with Gasteiger partial charge in [0.2, 0.25) is 0 Å². The van der Waals surface area contributed by atoms with Crippen molar-refractivity contribution in [3.05, 3.63) is 29.6 Å². The normalized spacial score (nSPS) is 12.3. The molecule has 1 N–H and O–H groups in total. The predicted octanol–water partition coefficient (Wildman–Crippen LogP) is 2.44. The smallest absolute Gasteiger partial charge is 0.344 e. The fourth-order valence-electron chi connectivity index (χ4n) is 1.54. The fourth-order valence-corrected chi connectivity index (χ4v) is 1.54. The van der Waals surface area contributed by atoms with Gasteiger partial charge in [-0.05, 0) is 33.9 Å². The van der Waals surface area contributed by atoms with Gasteiger partial charge < -0.3 is 14.8 Å². The predicted molar refractivity (Wildman–Crippen MR) is 70.6 cm³/mol. The summed E-state index contributed by atoms with van der Waals surface area (Å²) >= 11 is 0. The fraction of sp³-hybridized carbons (Fsp3) is 0.500. The van der Waals surface area contributed by atoms with E-state index in [-0.39, 0.29) is 24.6 Å². The minimum atomic E-state index is -0.469. The lowest BCUT2D eigenvalue weighted by molar-refractivity contribution is -0.149. The second kappa shape index (κ2) is 7.09. The molecule has 0 fully saturated rings. The molecule has 0 radical (unpaired) electrons. The molecular formula is C14H20FNO3. The first kappa shape index (κ1) is 15.4. The van der Waals surface area contributed by atoms with Gasteiger partial charge in [-0.1, -0.05) is 6.07 Å². The van der Waals surface area contributed by atoms with Gasteiger partial charge in [0, 0.05) is 17.7 Å². The molecule has 0 amide bonds. The summed E-state index contributed by atoms with van der Waals surface area (Å²) in [4.78, 5) is 11.3. The largest absolute Gasteiger partial charge is 0.482 e. The first-order valence-electron chi connectivity index (χ1n) is 6.23. The lowest BCUT2D eigenvalue weighted by atomic mass is 10.1. The Labute approximate surface area is 112 Å². The molecule has 1 unspecified atom stereocenters. The molecule has 19 heavy (non-hydrogen) atoms. The molecule has 0 aliphatic heterocycles. The van der Waals surface area contributed by atoms with Crippen LogP contribution in [0.2, 0.25) is 0 Å². The second-order valence-corrected chi connectivity index (χ2v) is 4.52. The average Bonchev–Trinajstić information content (AvgIpc) is 2.35.